The van der Waals surface area contributed by atoms with Crippen LogP contribution in [0.3, 0.4) is 0 Å². The standard InChI is InChI=1S/C22H24N4O2S/c1-13-24-20-18(21(27)25-26(20)16-8-10-28-22(2,3)12-16)19(29-13)15-6-7-17-14(11-15)5-4-9-23-17/h4-7,9,11,16,19H,8,10,12H2,1-3H3,(H,25,27)/t16-,19+/m1/s1. The first-order valence-corrected chi connectivity index (χ1v) is 10.8. The van der Waals surface area contributed by atoms with E-state index in [-0.39, 0.29) is 22.5 Å². The monoisotopic (exact) mass is 408 g/mol. The number of aromatic nitrogens is 3. The topological polar surface area (TPSA) is 72.3 Å². The lowest BCUT2D eigenvalue weighted by Crippen LogP contribution is -2.35. The van der Waals surface area contributed by atoms with Gasteiger partial charge in [-0.05, 0) is 57.4 Å². The van der Waals surface area contributed by atoms with Gasteiger partial charge >= 0.3 is 0 Å². The summed E-state index contributed by atoms with van der Waals surface area (Å²) in [6.45, 7) is 6.90. The summed E-state index contributed by atoms with van der Waals surface area (Å²) in [5, 5.41) is 5.06. The van der Waals surface area contributed by atoms with Gasteiger partial charge in [0.1, 0.15) is 0 Å². The van der Waals surface area contributed by atoms with Gasteiger partial charge in [0.2, 0.25) is 0 Å². The SMILES string of the molecule is CC1=Nc2c(c(=O)[nH]n2[C@@H]2CCOC(C)(C)C2)[C@H](c2ccc3ncccc3c2)S1. The van der Waals surface area contributed by atoms with Gasteiger partial charge in [0.05, 0.1) is 33.0 Å². The minimum Gasteiger partial charge on any atom is -0.375 e. The third-order valence-electron chi connectivity index (χ3n) is 5.72. The molecule has 1 fully saturated rings. The summed E-state index contributed by atoms with van der Waals surface area (Å²) in [7, 11) is 0. The predicted octanol–water partition coefficient (Wildman–Crippen LogP) is 4.74. The molecule has 1 N–H and O–H groups in total. The molecule has 7 heteroatoms. The number of nitrogens with zero attached hydrogens (tertiary/aromatic N) is 3. The van der Waals surface area contributed by atoms with Gasteiger partial charge in [-0.15, -0.1) is 0 Å². The van der Waals surface area contributed by atoms with Crippen LogP contribution < -0.4 is 5.56 Å². The highest BCUT2D eigenvalue weighted by Gasteiger charge is 2.35. The third-order valence-corrected chi connectivity index (χ3v) is 6.89. The quantitative estimate of drug-likeness (QED) is 0.665. The Balaban J connectivity index is 1.61. The Labute approximate surface area is 173 Å². The Morgan fingerprint density at radius 1 is 1.31 bits per heavy atom. The molecule has 2 atom stereocenters. The summed E-state index contributed by atoms with van der Waals surface area (Å²) in [4.78, 5) is 22.2. The van der Waals surface area contributed by atoms with E-state index in [1.165, 1.54) is 0 Å². The van der Waals surface area contributed by atoms with Crippen molar-refractivity contribution in [2.45, 2.75) is 50.5 Å². The van der Waals surface area contributed by atoms with Crippen molar-refractivity contribution in [3.8, 4) is 0 Å². The molecule has 0 spiro atoms. The number of benzene rings is 1. The van der Waals surface area contributed by atoms with Crippen molar-refractivity contribution in [3.05, 3.63) is 58.0 Å². The van der Waals surface area contributed by atoms with Gasteiger partial charge in [-0.2, -0.15) is 0 Å². The number of nitrogens with one attached hydrogen (secondary N) is 1. The number of thioether (sulfide) groups is 1. The fourth-order valence-electron chi connectivity index (χ4n) is 4.39. The van der Waals surface area contributed by atoms with Gasteiger partial charge < -0.3 is 4.74 Å². The maximum atomic E-state index is 13.0. The number of aromatic amines is 1. The Bertz CT molecular complexity index is 1180. The molecule has 2 aliphatic rings. The molecule has 0 aliphatic carbocycles. The Morgan fingerprint density at radius 2 is 2.17 bits per heavy atom. The number of pyridine rings is 1. The van der Waals surface area contributed by atoms with Crippen LogP contribution in [0.25, 0.3) is 10.9 Å². The van der Waals surface area contributed by atoms with Gasteiger partial charge in [-0.3, -0.25) is 19.6 Å². The molecular weight excluding hydrogens is 384 g/mol. The number of H-pyrrole nitrogens is 1. The van der Waals surface area contributed by atoms with E-state index >= 15 is 0 Å². The van der Waals surface area contributed by atoms with Gasteiger partial charge in [-0.1, -0.05) is 23.9 Å². The number of hydrogen-bond acceptors (Lipinski definition) is 5. The highest BCUT2D eigenvalue weighted by atomic mass is 32.2. The molecule has 1 aromatic carbocycles. The highest BCUT2D eigenvalue weighted by Crippen LogP contribution is 2.45. The van der Waals surface area contributed by atoms with Crippen LogP contribution in [-0.4, -0.2) is 32.0 Å². The molecule has 0 saturated carbocycles. The first-order valence-electron chi connectivity index (χ1n) is 9.96. The molecule has 150 valence electrons. The largest absolute Gasteiger partial charge is 0.375 e. The minimum absolute atomic E-state index is 0.0515. The van der Waals surface area contributed by atoms with Crippen LogP contribution in [-0.2, 0) is 4.74 Å². The summed E-state index contributed by atoms with van der Waals surface area (Å²) in [6, 6.07) is 10.4. The molecule has 2 aliphatic heterocycles. The second-order valence-corrected chi connectivity index (χ2v) is 9.69. The molecule has 4 heterocycles. The van der Waals surface area contributed by atoms with Gasteiger partial charge in [-0.25, -0.2) is 4.99 Å². The zero-order valence-electron chi connectivity index (χ0n) is 16.8. The van der Waals surface area contributed by atoms with Crippen LogP contribution in [0.2, 0.25) is 0 Å². The average Bonchev–Trinajstić information content (AvgIpc) is 3.02. The van der Waals surface area contributed by atoms with Gasteiger partial charge in [0.25, 0.3) is 5.56 Å². The second kappa shape index (κ2) is 6.85. The molecule has 6 nitrogen and oxygen atoms in total. The highest BCUT2D eigenvalue weighted by molar-refractivity contribution is 8.14. The lowest BCUT2D eigenvalue weighted by molar-refractivity contribution is -0.0705. The van der Waals surface area contributed by atoms with E-state index in [2.05, 4.69) is 42.1 Å². The first kappa shape index (κ1) is 18.6. The predicted molar refractivity (Wildman–Crippen MR) is 117 cm³/mol. The van der Waals surface area contributed by atoms with Crippen molar-refractivity contribution >= 4 is 33.5 Å². The van der Waals surface area contributed by atoms with Crippen LogP contribution >= 0.6 is 11.8 Å². The molecule has 0 unspecified atom stereocenters. The molecule has 0 amide bonds. The summed E-state index contributed by atoms with van der Waals surface area (Å²) in [6.07, 6.45) is 3.51. The molecule has 5 rings (SSSR count). The lowest BCUT2D eigenvalue weighted by atomic mass is 9.94. The first-order chi connectivity index (χ1) is 13.9. The van der Waals surface area contributed by atoms with Crippen molar-refractivity contribution in [2.75, 3.05) is 6.61 Å². The van der Waals surface area contributed by atoms with Crippen molar-refractivity contribution in [2.24, 2.45) is 4.99 Å². The van der Waals surface area contributed by atoms with E-state index in [4.69, 9.17) is 9.73 Å². The van der Waals surface area contributed by atoms with Crippen LogP contribution in [0.1, 0.15) is 56.0 Å². The van der Waals surface area contributed by atoms with E-state index in [1.807, 2.05) is 23.7 Å². The van der Waals surface area contributed by atoms with E-state index in [0.29, 0.717) is 6.61 Å². The third kappa shape index (κ3) is 3.32. The molecular formula is C22H24N4O2S. The maximum absolute atomic E-state index is 13.0. The van der Waals surface area contributed by atoms with E-state index in [0.717, 1.165) is 45.7 Å². The minimum atomic E-state index is -0.204. The van der Waals surface area contributed by atoms with Crippen LogP contribution in [0.15, 0.2) is 46.3 Å². The summed E-state index contributed by atoms with van der Waals surface area (Å²) in [5.41, 5.74) is 2.54. The van der Waals surface area contributed by atoms with Gasteiger partial charge in [0, 0.05) is 18.2 Å². The molecule has 2 aromatic heterocycles. The second-order valence-electron chi connectivity index (χ2n) is 8.39. The Morgan fingerprint density at radius 3 is 3.00 bits per heavy atom. The molecule has 3 aromatic rings. The fourth-order valence-corrected chi connectivity index (χ4v) is 5.48. The fraction of sp³-hybridized carbons (Fsp3) is 0.409. The van der Waals surface area contributed by atoms with Crippen LogP contribution in [0.5, 0.6) is 0 Å². The van der Waals surface area contributed by atoms with Crippen LogP contribution in [0.4, 0.5) is 5.82 Å². The van der Waals surface area contributed by atoms with Crippen molar-refractivity contribution < 1.29 is 4.74 Å². The van der Waals surface area contributed by atoms with E-state index in [1.54, 1.807) is 18.0 Å². The van der Waals surface area contributed by atoms with Crippen molar-refractivity contribution in [3.63, 3.8) is 0 Å². The summed E-state index contributed by atoms with van der Waals surface area (Å²) < 4.78 is 7.86. The number of aliphatic imine (C=N–C) groups is 1. The number of rotatable bonds is 2. The molecule has 1 saturated heterocycles. The number of ether oxygens (including phenoxy) is 1. The zero-order chi connectivity index (χ0) is 20.2. The van der Waals surface area contributed by atoms with Crippen molar-refractivity contribution in [1.82, 2.24) is 14.8 Å². The Hall–Kier alpha value is -2.38. The van der Waals surface area contributed by atoms with Crippen LogP contribution in [0, 0.1) is 0 Å². The zero-order valence-corrected chi connectivity index (χ0v) is 17.6. The van der Waals surface area contributed by atoms with E-state index in [9.17, 15) is 4.79 Å². The van der Waals surface area contributed by atoms with E-state index < -0.39 is 0 Å². The average molecular weight is 409 g/mol. The maximum Gasteiger partial charge on any atom is 0.271 e. The van der Waals surface area contributed by atoms with Crippen molar-refractivity contribution in [1.29, 1.82) is 0 Å². The normalized spacial score (nSPS) is 23.6. The number of fused-ring (bicyclic) bond motifs is 2. The molecule has 0 bridgehead atoms. The smallest absolute Gasteiger partial charge is 0.271 e. The Kier molecular flexibility index (Phi) is 4.40. The molecule has 29 heavy (non-hydrogen) atoms. The van der Waals surface area contributed by atoms with Gasteiger partial charge in [0.15, 0.2) is 5.82 Å². The number of hydrogen-bond donors (Lipinski definition) is 1. The lowest BCUT2D eigenvalue weighted by Gasteiger charge is -2.36. The summed E-state index contributed by atoms with van der Waals surface area (Å²) >= 11 is 1.64. The summed E-state index contributed by atoms with van der Waals surface area (Å²) in [5.74, 6) is 0.769. The molecule has 0 radical (unpaired) electrons.